The Morgan fingerprint density at radius 3 is 2.42 bits per heavy atom. The van der Waals surface area contributed by atoms with E-state index in [1.807, 2.05) is 69.4 Å². The van der Waals surface area contributed by atoms with Gasteiger partial charge < -0.3 is 20.1 Å². The van der Waals surface area contributed by atoms with Crippen LogP contribution in [0, 0.1) is 6.92 Å². The molecular weight excluding hydrogens is 328 g/mol. The average Bonchev–Trinajstić information content (AvgIpc) is 2.68. The van der Waals surface area contributed by atoms with Gasteiger partial charge in [-0.05, 0) is 43.3 Å². The van der Waals surface area contributed by atoms with Crippen LogP contribution < -0.4 is 15.0 Å². The van der Waals surface area contributed by atoms with Crippen molar-refractivity contribution in [2.45, 2.75) is 25.9 Å². The fraction of sp³-hybridized carbons (Fsp3) is 0.381. The van der Waals surface area contributed by atoms with Gasteiger partial charge in [-0.15, -0.1) is 0 Å². The number of anilines is 1. The molecule has 140 valence electrons. The van der Waals surface area contributed by atoms with Crippen LogP contribution in [0.2, 0.25) is 0 Å². The summed E-state index contributed by atoms with van der Waals surface area (Å²) in [6, 6.07) is 15.2. The van der Waals surface area contributed by atoms with Crippen molar-refractivity contribution >= 4 is 11.6 Å². The van der Waals surface area contributed by atoms with Crippen LogP contribution in [0.15, 0.2) is 48.5 Å². The van der Waals surface area contributed by atoms with Gasteiger partial charge in [0.05, 0.1) is 7.11 Å². The normalized spacial score (nSPS) is 13.1. The number of hydrogen-bond acceptors (Lipinski definition) is 4. The van der Waals surface area contributed by atoms with Crippen molar-refractivity contribution in [2.24, 2.45) is 0 Å². The van der Waals surface area contributed by atoms with Crippen LogP contribution in [0.25, 0.3) is 0 Å². The number of rotatable bonds is 8. The summed E-state index contributed by atoms with van der Waals surface area (Å²) in [6.45, 7) is 4.96. The van der Waals surface area contributed by atoms with E-state index < -0.39 is 6.10 Å². The van der Waals surface area contributed by atoms with Gasteiger partial charge in [0.15, 0.2) is 0 Å². The molecule has 5 heteroatoms. The minimum Gasteiger partial charge on any atom is -0.497 e. The number of carbonyl (C=O) groups excluding carboxylic acids is 1. The van der Waals surface area contributed by atoms with E-state index in [0.29, 0.717) is 13.1 Å². The van der Waals surface area contributed by atoms with Crippen LogP contribution in [0.1, 0.15) is 24.0 Å². The third kappa shape index (κ3) is 4.62. The van der Waals surface area contributed by atoms with Crippen molar-refractivity contribution in [2.75, 3.05) is 32.1 Å². The van der Waals surface area contributed by atoms with Gasteiger partial charge in [-0.2, -0.15) is 0 Å². The molecular formula is C21H28N2O3. The zero-order valence-electron chi connectivity index (χ0n) is 15.9. The Bertz CT molecular complexity index is 715. The quantitative estimate of drug-likeness (QED) is 0.763. The van der Waals surface area contributed by atoms with Crippen molar-refractivity contribution in [3.05, 3.63) is 59.7 Å². The highest BCUT2D eigenvalue weighted by atomic mass is 16.5. The number of aliphatic hydroxyl groups is 1. The lowest BCUT2D eigenvalue weighted by molar-refractivity contribution is -0.127. The minimum atomic E-state index is -1.13. The molecule has 2 atom stereocenters. The Morgan fingerprint density at radius 1 is 1.19 bits per heavy atom. The van der Waals surface area contributed by atoms with E-state index >= 15 is 0 Å². The van der Waals surface area contributed by atoms with E-state index in [-0.39, 0.29) is 11.8 Å². The maximum Gasteiger partial charge on any atom is 0.256 e. The molecule has 0 radical (unpaired) electrons. The molecule has 0 spiro atoms. The summed E-state index contributed by atoms with van der Waals surface area (Å²) in [7, 11) is 3.45. The molecule has 0 saturated heterocycles. The molecule has 0 aromatic heterocycles. The van der Waals surface area contributed by atoms with E-state index in [1.54, 1.807) is 12.0 Å². The van der Waals surface area contributed by atoms with Crippen LogP contribution >= 0.6 is 0 Å². The minimum absolute atomic E-state index is 0.294. The topological polar surface area (TPSA) is 61.8 Å². The largest absolute Gasteiger partial charge is 0.497 e. The van der Waals surface area contributed by atoms with Gasteiger partial charge in [0.2, 0.25) is 0 Å². The van der Waals surface area contributed by atoms with Crippen molar-refractivity contribution in [1.82, 2.24) is 5.32 Å². The van der Waals surface area contributed by atoms with Gasteiger partial charge >= 0.3 is 0 Å². The van der Waals surface area contributed by atoms with Gasteiger partial charge in [-0.25, -0.2) is 0 Å². The molecule has 0 heterocycles. The van der Waals surface area contributed by atoms with E-state index in [2.05, 4.69) is 5.32 Å². The summed E-state index contributed by atoms with van der Waals surface area (Å²) in [6.07, 6.45) is -1.13. The summed E-state index contributed by atoms with van der Waals surface area (Å²) < 4.78 is 5.17. The predicted molar refractivity (Wildman–Crippen MR) is 105 cm³/mol. The van der Waals surface area contributed by atoms with Crippen LogP contribution in [-0.2, 0) is 4.79 Å². The lowest BCUT2D eigenvalue weighted by Gasteiger charge is -2.29. The molecule has 0 unspecified atom stereocenters. The first-order chi connectivity index (χ1) is 12.5. The lowest BCUT2D eigenvalue weighted by atomic mass is 9.94. The number of nitrogens with one attached hydrogen (secondary N) is 1. The smallest absolute Gasteiger partial charge is 0.256 e. The Morgan fingerprint density at radius 2 is 1.85 bits per heavy atom. The molecule has 2 aromatic carbocycles. The monoisotopic (exact) mass is 356 g/mol. The summed E-state index contributed by atoms with van der Waals surface area (Å²) in [4.78, 5) is 14.7. The molecule has 0 aliphatic carbocycles. The van der Waals surface area contributed by atoms with Crippen molar-refractivity contribution in [3.63, 3.8) is 0 Å². The van der Waals surface area contributed by atoms with Crippen LogP contribution in [0.4, 0.5) is 5.69 Å². The molecule has 0 aliphatic rings. The zero-order chi connectivity index (χ0) is 19.1. The molecule has 1 amide bonds. The molecule has 0 bridgehead atoms. The second kappa shape index (κ2) is 9.36. The van der Waals surface area contributed by atoms with Gasteiger partial charge in [-0.1, -0.05) is 37.3 Å². The molecule has 0 fully saturated rings. The summed E-state index contributed by atoms with van der Waals surface area (Å²) in [5.41, 5.74) is 2.72. The number of carbonyl (C=O) groups is 1. The molecule has 5 nitrogen and oxygen atoms in total. The Hall–Kier alpha value is -2.37. The zero-order valence-corrected chi connectivity index (χ0v) is 15.9. The van der Waals surface area contributed by atoms with E-state index in [1.165, 1.54) is 0 Å². The predicted octanol–water partition coefficient (Wildman–Crippen LogP) is 2.72. The highest BCUT2D eigenvalue weighted by molar-refractivity contribution is 5.97. The first kappa shape index (κ1) is 19.9. The van der Waals surface area contributed by atoms with Crippen molar-refractivity contribution < 1.29 is 14.6 Å². The highest BCUT2D eigenvalue weighted by Crippen LogP contribution is 2.26. The number of likely N-dealkylation sites (N-methyl/N-ethyl adjacent to an activating group) is 1. The third-order valence-electron chi connectivity index (χ3n) is 4.63. The standard InChI is InChI=1S/C21H28N2O3/c1-15-7-5-6-8-19(15)23(14-13-22-3)21(25)20(24)16(2)17-9-11-18(26-4)12-10-17/h5-12,16,20,22,24H,13-14H2,1-4H3/t16-,20+/m1/s1. The number of benzene rings is 2. The van der Waals surface area contributed by atoms with Gasteiger partial charge in [0.25, 0.3) is 5.91 Å². The number of aryl methyl sites for hydroxylation is 1. The number of methoxy groups -OCH3 is 1. The second-order valence-corrected chi connectivity index (χ2v) is 6.39. The Labute approximate surface area is 155 Å². The average molecular weight is 356 g/mol. The number of hydrogen-bond donors (Lipinski definition) is 2. The molecule has 0 aliphatic heterocycles. The van der Waals surface area contributed by atoms with Crippen molar-refractivity contribution in [1.29, 1.82) is 0 Å². The number of para-hydroxylation sites is 1. The Balaban J connectivity index is 2.24. The van der Waals surface area contributed by atoms with Gasteiger partial charge in [0, 0.05) is 24.7 Å². The molecule has 2 N–H and O–H groups in total. The fourth-order valence-corrected chi connectivity index (χ4v) is 2.90. The molecule has 0 saturated carbocycles. The summed E-state index contributed by atoms with van der Waals surface area (Å²) in [5, 5.41) is 13.8. The first-order valence-corrected chi connectivity index (χ1v) is 8.83. The van der Waals surface area contributed by atoms with E-state index in [9.17, 15) is 9.90 Å². The fourth-order valence-electron chi connectivity index (χ4n) is 2.90. The highest BCUT2D eigenvalue weighted by Gasteiger charge is 2.29. The summed E-state index contributed by atoms with van der Waals surface area (Å²) >= 11 is 0. The van der Waals surface area contributed by atoms with Crippen LogP contribution in [0.5, 0.6) is 5.75 Å². The maximum atomic E-state index is 13.1. The Kier molecular flexibility index (Phi) is 7.18. The number of nitrogens with zero attached hydrogens (tertiary/aromatic N) is 1. The number of amides is 1. The van der Waals surface area contributed by atoms with Crippen LogP contribution in [-0.4, -0.2) is 44.4 Å². The number of ether oxygens (including phenoxy) is 1. The molecule has 2 rings (SSSR count). The molecule has 2 aromatic rings. The maximum absolute atomic E-state index is 13.1. The second-order valence-electron chi connectivity index (χ2n) is 6.39. The van der Waals surface area contributed by atoms with Gasteiger partial charge in [-0.3, -0.25) is 4.79 Å². The third-order valence-corrected chi connectivity index (χ3v) is 4.63. The van der Waals surface area contributed by atoms with Crippen molar-refractivity contribution in [3.8, 4) is 5.75 Å². The number of aliphatic hydroxyl groups excluding tert-OH is 1. The van der Waals surface area contributed by atoms with Crippen LogP contribution in [0.3, 0.4) is 0 Å². The molecule has 26 heavy (non-hydrogen) atoms. The first-order valence-electron chi connectivity index (χ1n) is 8.83. The van der Waals surface area contributed by atoms with E-state index in [4.69, 9.17) is 4.74 Å². The SMILES string of the molecule is CNCCN(C(=O)[C@@H](O)[C@H](C)c1ccc(OC)cc1)c1ccccc1C. The lowest BCUT2D eigenvalue weighted by Crippen LogP contribution is -2.44. The van der Waals surface area contributed by atoms with E-state index in [0.717, 1.165) is 22.6 Å². The van der Waals surface area contributed by atoms with Gasteiger partial charge in [0.1, 0.15) is 11.9 Å². The summed E-state index contributed by atoms with van der Waals surface area (Å²) in [5.74, 6) is 0.129.